The summed E-state index contributed by atoms with van der Waals surface area (Å²) in [5.74, 6) is 0.382. The summed E-state index contributed by atoms with van der Waals surface area (Å²) < 4.78 is 10.1. The normalized spacial score (nSPS) is 10.2. The minimum Gasteiger partial charge on any atom is -0.426 e. The molecule has 0 atom stereocenters. The van der Waals surface area contributed by atoms with Crippen LogP contribution in [0.5, 0.6) is 5.75 Å². The second kappa shape index (κ2) is 7.85. The van der Waals surface area contributed by atoms with Gasteiger partial charge in [0.15, 0.2) is 0 Å². The fourth-order valence-corrected chi connectivity index (χ4v) is 1.53. The van der Waals surface area contributed by atoms with E-state index < -0.39 is 0 Å². The Morgan fingerprint density at radius 3 is 2.76 bits per heavy atom. The average Bonchev–Trinajstić information content (AvgIpc) is 2.32. The molecule has 0 bridgehead atoms. The average molecular weight is 235 g/mol. The number of rotatable bonds is 7. The second-order valence-electron chi connectivity index (χ2n) is 3.89. The number of para-hydroxylation sites is 1. The number of hydrogen-bond donors (Lipinski definition) is 0. The van der Waals surface area contributed by atoms with E-state index >= 15 is 0 Å². The number of benzene rings is 1. The maximum absolute atomic E-state index is 11.6. The highest BCUT2D eigenvalue weighted by Gasteiger charge is 2.08. The van der Waals surface area contributed by atoms with Gasteiger partial charge in [0.1, 0.15) is 5.75 Å². The van der Waals surface area contributed by atoms with Gasteiger partial charge in [0.05, 0.1) is 13.7 Å². The van der Waals surface area contributed by atoms with E-state index in [0.717, 1.165) is 24.8 Å². The standard InChI is InChI=1S/C14H19O3/c1-3-4-5-10-14(15)17-13-9-7-6-8-12(13)11-16-2/h6-9H,2-5,10-11H2,1H3. The lowest BCUT2D eigenvalue weighted by molar-refractivity contribution is -0.134. The van der Waals surface area contributed by atoms with Gasteiger partial charge in [0.2, 0.25) is 0 Å². The SMILES string of the molecule is [CH2]OCc1ccccc1OC(=O)CCCCC. The van der Waals surface area contributed by atoms with Crippen LogP contribution in [0.4, 0.5) is 0 Å². The first-order valence-corrected chi connectivity index (χ1v) is 5.93. The highest BCUT2D eigenvalue weighted by atomic mass is 16.5. The Hall–Kier alpha value is -1.35. The van der Waals surface area contributed by atoms with Crippen LogP contribution in [-0.2, 0) is 16.1 Å². The summed E-state index contributed by atoms with van der Waals surface area (Å²) in [5.41, 5.74) is 0.839. The van der Waals surface area contributed by atoms with Crippen LogP contribution in [0.2, 0.25) is 0 Å². The van der Waals surface area contributed by atoms with Crippen molar-refractivity contribution in [3.05, 3.63) is 36.9 Å². The first-order valence-electron chi connectivity index (χ1n) is 5.93. The molecule has 0 aliphatic rings. The Morgan fingerprint density at radius 1 is 1.29 bits per heavy atom. The van der Waals surface area contributed by atoms with Crippen LogP contribution in [0, 0.1) is 7.11 Å². The minimum atomic E-state index is -0.185. The Labute approximate surface area is 103 Å². The van der Waals surface area contributed by atoms with Gasteiger partial charge < -0.3 is 9.47 Å². The number of esters is 1. The topological polar surface area (TPSA) is 35.5 Å². The van der Waals surface area contributed by atoms with Crippen molar-refractivity contribution in [3.63, 3.8) is 0 Å². The summed E-state index contributed by atoms with van der Waals surface area (Å²) in [6.45, 7) is 2.45. The molecule has 0 saturated carbocycles. The molecule has 0 spiro atoms. The molecule has 0 saturated heterocycles. The molecule has 0 aliphatic heterocycles. The van der Waals surface area contributed by atoms with Crippen molar-refractivity contribution in [2.75, 3.05) is 0 Å². The van der Waals surface area contributed by atoms with E-state index in [2.05, 4.69) is 14.0 Å². The number of carbonyl (C=O) groups is 1. The quantitative estimate of drug-likeness (QED) is 0.412. The van der Waals surface area contributed by atoms with Crippen molar-refractivity contribution in [1.29, 1.82) is 0 Å². The number of carbonyl (C=O) groups excluding carboxylic acids is 1. The van der Waals surface area contributed by atoms with Crippen molar-refractivity contribution in [2.45, 2.75) is 39.2 Å². The molecule has 0 aromatic heterocycles. The van der Waals surface area contributed by atoms with Crippen LogP contribution in [0.15, 0.2) is 24.3 Å². The van der Waals surface area contributed by atoms with Crippen LogP contribution in [0.3, 0.4) is 0 Å². The molecule has 1 radical (unpaired) electrons. The Kier molecular flexibility index (Phi) is 6.33. The monoisotopic (exact) mass is 235 g/mol. The van der Waals surface area contributed by atoms with Gasteiger partial charge in [-0.1, -0.05) is 38.0 Å². The van der Waals surface area contributed by atoms with Gasteiger partial charge in [-0.25, -0.2) is 0 Å². The number of hydrogen-bond acceptors (Lipinski definition) is 3. The molecule has 0 aliphatic carbocycles. The fraction of sp³-hybridized carbons (Fsp3) is 0.429. The predicted molar refractivity (Wildman–Crippen MR) is 66.4 cm³/mol. The van der Waals surface area contributed by atoms with E-state index in [9.17, 15) is 4.79 Å². The van der Waals surface area contributed by atoms with Crippen LogP contribution in [0.25, 0.3) is 0 Å². The van der Waals surface area contributed by atoms with Crippen molar-refractivity contribution in [3.8, 4) is 5.75 Å². The van der Waals surface area contributed by atoms with Gasteiger partial charge in [-0.15, -0.1) is 0 Å². The molecule has 0 fully saturated rings. The molecule has 0 amide bonds. The molecule has 93 valence electrons. The molecule has 1 rings (SSSR count). The van der Waals surface area contributed by atoms with Gasteiger partial charge >= 0.3 is 5.97 Å². The molecule has 1 aromatic carbocycles. The fourth-order valence-electron chi connectivity index (χ4n) is 1.53. The van der Waals surface area contributed by atoms with Gasteiger partial charge in [0, 0.05) is 12.0 Å². The van der Waals surface area contributed by atoms with Crippen LogP contribution in [0.1, 0.15) is 38.2 Å². The molecular formula is C14H19O3. The smallest absolute Gasteiger partial charge is 0.311 e. The van der Waals surface area contributed by atoms with E-state index in [-0.39, 0.29) is 5.97 Å². The maximum atomic E-state index is 11.6. The predicted octanol–water partition coefficient (Wildman–Crippen LogP) is 3.48. The highest BCUT2D eigenvalue weighted by molar-refractivity contribution is 5.72. The zero-order valence-electron chi connectivity index (χ0n) is 10.3. The second-order valence-corrected chi connectivity index (χ2v) is 3.89. The largest absolute Gasteiger partial charge is 0.426 e. The number of ether oxygens (including phenoxy) is 2. The van der Waals surface area contributed by atoms with Crippen molar-refractivity contribution >= 4 is 5.97 Å². The van der Waals surface area contributed by atoms with E-state index in [1.807, 2.05) is 18.2 Å². The molecule has 3 nitrogen and oxygen atoms in total. The van der Waals surface area contributed by atoms with Gasteiger partial charge in [-0.05, 0) is 12.5 Å². The van der Waals surface area contributed by atoms with E-state index in [4.69, 9.17) is 9.47 Å². The first kappa shape index (κ1) is 13.7. The lowest BCUT2D eigenvalue weighted by atomic mass is 10.2. The summed E-state index contributed by atoms with van der Waals surface area (Å²) in [7, 11) is 3.32. The minimum absolute atomic E-state index is 0.185. The van der Waals surface area contributed by atoms with E-state index in [1.54, 1.807) is 6.07 Å². The third-order valence-electron chi connectivity index (χ3n) is 2.44. The molecule has 3 heteroatoms. The lowest BCUT2D eigenvalue weighted by Crippen LogP contribution is -2.09. The van der Waals surface area contributed by atoms with Gasteiger partial charge in [-0.2, -0.15) is 0 Å². The van der Waals surface area contributed by atoms with Gasteiger partial charge in [-0.3, -0.25) is 4.79 Å². The Bertz CT molecular complexity index is 347. The zero-order chi connectivity index (χ0) is 12.5. The number of unbranched alkanes of at least 4 members (excludes halogenated alkanes) is 2. The Morgan fingerprint density at radius 2 is 2.06 bits per heavy atom. The lowest BCUT2D eigenvalue weighted by Gasteiger charge is -2.08. The van der Waals surface area contributed by atoms with E-state index in [0.29, 0.717) is 18.8 Å². The first-order chi connectivity index (χ1) is 8.27. The summed E-state index contributed by atoms with van der Waals surface area (Å²) in [4.78, 5) is 11.6. The summed E-state index contributed by atoms with van der Waals surface area (Å²) in [5, 5.41) is 0. The van der Waals surface area contributed by atoms with Crippen LogP contribution in [-0.4, -0.2) is 5.97 Å². The maximum Gasteiger partial charge on any atom is 0.311 e. The third-order valence-corrected chi connectivity index (χ3v) is 2.44. The third kappa shape index (κ3) is 5.00. The molecule has 0 heterocycles. The zero-order valence-corrected chi connectivity index (χ0v) is 10.3. The van der Waals surface area contributed by atoms with Crippen molar-refractivity contribution in [1.82, 2.24) is 0 Å². The van der Waals surface area contributed by atoms with Crippen LogP contribution < -0.4 is 4.74 Å². The molecule has 0 unspecified atom stereocenters. The molecule has 1 aromatic rings. The molecule has 0 N–H and O–H groups in total. The van der Waals surface area contributed by atoms with Crippen LogP contribution >= 0.6 is 0 Å². The van der Waals surface area contributed by atoms with Gasteiger partial charge in [0.25, 0.3) is 0 Å². The van der Waals surface area contributed by atoms with E-state index in [1.165, 1.54) is 0 Å². The molecule has 17 heavy (non-hydrogen) atoms. The van der Waals surface area contributed by atoms with Crippen molar-refractivity contribution < 1.29 is 14.3 Å². The Balaban J connectivity index is 2.52. The summed E-state index contributed by atoms with van der Waals surface area (Å²) >= 11 is 0. The summed E-state index contributed by atoms with van der Waals surface area (Å²) in [6, 6.07) is 7.34. The highest BCUT2D eigenvalue weighted by Crippen LogP contribution is 2.19. The molecular weight excluding hydrogens is 216 g/mol. The van der Waals surface area contributed by atoms with Crippen molar-refractivity contribution in [2.24, 2.45) is 0 Å². The summed E-state index contributed by atoms with van der Waals surface area (Å²) in [6.07, 6.45) is 3.49.